The minimum Gasteiger partial charge on any atom is -0.448 e. The molecule has 0 saturated carbocycles. The van der Waals surface area contributed by atoms with E-state index >= 15 is 0 Å². The maximum absolute atomic E-state index is 6.18. The molecule has 0 bridgehead atoms. The fourth-order valence-corrected chi connectivity index (χ4v) is 2.20. The molecular weight excluding hydrogens is 246 g/mol. The van der Waals surface area contributed by atoms with E-state index in [1.165, 1.54) is 5.56 Å². The highest BCUT2D eigenvalue weighted by Crippen LogP contribution is 2.24. The van der Waals surface area contributed by atoms with E-state index in [2.05, 4.69) is 26.0 Å². The molecule has 1 atom stereocenters. The predicted octanol–water partition coefficient (Wildman–Crippen LogP) is 4.18. The molecule has 18 heavy (non-hydrogen) atoms. The Bertz CT molecular complexity index is 519. The largest absolute Gasteiger partial charge is 0.448 e. The van der Waals surface area contributed by atoms with Gasteiger partial charge >= 0.3 is 0 Å². The first-order valence-electron chi connectivity index (χ1n) is 6.16. The number of furan rings is 1. The van der Waals surface area contributed by atoms with Gasteiger partial charge in [-0.1, -0.05) is 38.1 Å². The normalized spacial score (nSPS) is 12.9. The molecule has 0 radical (unpaired) electrons. The van der Waals surface area contributed by atoms with E-state index in [0.717, 1.165) is 12.0 Å². The quantitative estimate of drug-likeness (QED) is 0.899. The molecule has 1 heterocycles. The summed E-state index contributed by atoms with van der Waals surface area (Å²) in [5, 5.41) is 0.374. The van der Waals surface area contributed by atoms with Crippen molar-refractivity contribution in [3.8, 4) is 0 Å². The number of nitrogens with two attached hydrogens (primary N) is 1. The molecule has 2 nitrogen and oxygen atoms in total. The lowest BCUT2D eigenvalue weighted by molar-refractivity contribution is 0.491. The van der Waals surface area contributed by atoms with Crippen LogP contribution in [-0.4, -0.2) is 0 Å². The van der Waals surface area contributed by atoms with Crippen LogP contribution in [0.2, 0.25) is 5.22 Å². The van der Waals surface area contributed by atoms with Gasteiger partial charge in [-0.05, 0) is 47.2 Å². The Hall–Kier alpha value is -1.25. The standard InChI is InChI=1S/C15H18ClNO/c1-10(2)8-11-4-3-5-12(9-11)15(17)13-6-7-14(16)18-13/h3-7,9-10,15H,8,17H2,1-2H3. The van der Waals surface area contributed by atoms with Crippen LogP contribution in [0.4, 0.5) is 0 Å². The summed E-state index contributed by atoms with van der Waals surface area (Å²) >= 11 is 5.77. The zero-order chi connectivity index (χ0) is 13.1. The Kier molecular flexibility index (Phi) is 4.10. The number of halogens is 1. The molecule has 3 heteroatoms. The van der Waals surface area contributed by atoms with Gasteiger partial charge in [-0.25, -0.2) is 0 Å². The van der Waals surface area contributed by atoms with E-state index in [9.17, 15) is 0 Å². The summed E-state index contributed by atoms with van der Waals surface area (Å²) in [6.45, 7) is 4.41. The van der Waals surface area contributed by atoms with Crippen LogP contribution < -0.4 is 5.73 Å². The third-order valence-corrected chi connectivity index (χ3v) is 3.06. The second kappa shape index (κ2) is 5.59. The van der Waals surface area contributed by atoms with Crippen molar-refractivity contribution in [2.24, 2.45) is 11.7 Å². The molecule has 0 aliphatic carbocycles. The van der Waals surface area contributed by atoms with Gasteiger partial charge in [-0.3, -0.25) is 0 Å². The van der Waals surface area contributed by atoms with Crippen molar-refractivity contribution >= 4 is 11.6 Å². The molecule has 0 aliphatic rings. The maximum Gasteiger partial charge on any atom is 0.193 e. The summed E-state index contributed by atoms with van der Waals surface area (Å²) in [4.78, 5) is 0. The second-order valence-corrected chi connectivity index (χ2v) is 5.34. The summed E-state index contributed by atoms with van der Waals surface area (Å²) in [6.07, 6.45) is 1.06. The van der Waals surface area contributed by atoms with Crippen LogP contribution in [0.1, 0.15) is 36.8 Å². The van der Waals surface area contributed by atoms with Crippen molar-refractivity contribution in [3.05, 3.63) is 58.5 Å². The van der Waals surface area contributed by atoms with Gasteiger partial charge in [0.2, 0.25) is 0 Å². The third kappa shape index (κ3) is 3.15. The van der Waals surface area contributed by atoms with E-state index in [4.69, 9.17) is 21.8 Å². The van der Waals surface area contributed by atoms with Crippen LogP contribution in [0.15, 0.2) is 40.8 Å². The highest BCUT2D eigenvalue weighted by atomic mass is 35.5. The van der Waals surface area contributed by atoms with Crippen LogP contribution in [0.3, 0.4) is 0 Å². The van der Waals surface area contributed by atoms with E-state index < -0.39 is 0 Å². The van der Waals surface area contributed by atoms with Crippen LogP contribution in [0.5, 0.6) is 0 Å². The van der Waals surface area contributed by atoms with Gasteiger partial charge in [-0.15, -0.1) is 0 Å². The molecule has 1 aromatic carbocycles. The Morgan fingerprint density at radius 2 is 2.00 bits per heavy atom. The molecule has 0 aliphatic heterocycles. The lowest BCUT2D eigenvalue weighted by atomic mass is 9.98. The van der Waals surface area contributed by atoms with Crippen molar-refractivity contribution in [2.45, 2.75) is 26.3 Å². The van der Waals surface area contributed by atoms with E-state index in [1.807, 2.05) is 18.2 Å². The van der Waals surface area contributed by atoms with Crippen LogP contribution >= 0.6 is 11.6 Å². The first-order chi connectivity index (χ1) is 8.56. The van der Waals surface area contributed by atoms with Gasteiger partial charge < -0.3 is 10.2 Å². The van der Waals surface area contributed by atoms with Gasteiger partial charge in [0, 0.05) is 0 Å². The van der Waals surface area contributed by atoms with Gasteiger partial charge in [0.25, 0.3) is 0 Å². The molecule has 0 spiro atoms. The molecule has 0 amide bonds. The SMILES string of the molecule is CC(C)Cc1cccc(C(N)c2ccc(Cl)o2)c1. The number of benzene rings is 1. The third-order valence-electron chi connectivity index (χ3n) is 2.85. The van der Waals surface area contributed by atoms with Crippen molar-refractivity contribution < 1.29 is 4.42 Å². The Morgan fingerprint density at radius 3 is 2.61 bits per heavy atom. The van der Waals surface area contributed by atoms with Gasteiger partial charge in [0.15, 0.2) is 5.22 Å². The summed E-state index contributed by atoms with van der Waals surface area (Å²) in [6, 6.07) is 11.6. The van der Waals surface area contributed by atoms with Gasteiger partial charge in [0.1, 0.15) is 5.76 Å². The first kappa shape index (κ1) is 13.2. The Balaban J connectivity index is 2.22. The maximum atomic E-state index is 6.18. The van der Waals surface area contributed by atoms with Crippen LogP contribution in [0.25, 0.3) is 0 Å². The fraction of sp³-hybridized carbons (Fsp3) is 0.333. The zero-order valence-corrected chi connectivity index (χ0v) is 11.4. The summed E-state index contributed by atoms with van der Waals surface area (Å²) in [7, 11) is 0. The van der Waals surface area contributed by atoms with E-state index in [0.29, 0.717) is 16.9 Å². The van der Waals surface area contributed by atoms with Gasteiger partial charge in [-0.2, -0.15) is 0 Å². The fourth-order valence-electron chi connectivity index (χ4n) is 2.04. The van der Waals surface area contributed by atoms with Crippen molar-refractivity contribution in [2.75, 3.05) is 0 Å². The topological polar surface area (TPSA) is 39.2 Å². The van der Waals surface area contributed by atoms with E-state index in [1.54, 1.807) is 6.07 Å². The average Bonchev–Trinajstić information content (AvgIpc) is 2.74. The Labute approximate surface area is 113 Å². The van der Waals surface area contributed by atoms with Crippen molar-refractivity contribution in [1.82, 2.24) is 0 Å². The lowest BCUT2D eigenvalue weighted by Crippen LogP contribution is -2.11. The molecule has 2 rings (SSSR count). The minimum atomic E-state index is -0.260. The summed E-state index contributed by atoms with van der Waals surface area (Å²) in [5.41, 5.74) is 8.53. The molecule has 2 aromatic rings. The number of rotatable bonds is 4. The van der Waals surface area contributed by atoms with Crippen LogP contribution in [0, 0.1) is 5.92 Å². The summed E-state index contributed by atoms with van der Waals surface area (Å²) in [5.74, 6) is 1.33. The molecule has 2 N–H and O–H groups in total. The molecule has 0 saturated heterocycles. The highest BCUT2D eigenvalue weighted by molar-refractivity contribution is 6.28. The highest BCUT2D eigenvalue weighted by Gasteiger charge is 2.13. The predicted molar refractivity (Wildman–Crippen MR) is 74.7 cm³/mol. The molecule has 1 aromatic heterocycles. The van der Waals surface area contributed by atoms with Crippen LogP contribution in [-0.2, 0) is 6.42 Å². The molecule has 0 fully saturated rings. The van der Waals surface area contributed by atoms with Crippen molar-refractivity contribution in [1.29, 1.82) is 0 Å². The molecule has 1 unspecified atom stereocenters. The Morgan fingerprint density at radius 1 is 1.22 bits per heavy atom. The minimum absolute atomic E-state index is 0.260. The first-order valence-corrected chi connectivity index (χ1v) is 6.53. The van der Waals surface area contributed by atoms with Crippen molar-refractivity contribution in [3.63, 3.8) is 0 Å². The monoisotopic (exact) mass is 263 g/mol. The molecular formula is C15H18ClNO. The second-order valence-electron chi connectivity index (χ2n) is 4.96. The smallest absolute Gasteiger partial charge is 0.193 e. The van der Waals surface area contributed by atoms with E-state index in [-0.39, 0.29) is 6.04 Å². The number of hydrogen-bond acceptors (Lipinski definition) is 2. The lowest BCUT2D eigenvalue weighted by Gasteiger charge is -2.12. The summed E-state index contributed by atoms with van der Waals surface area (Å²) < 4.78 is 5.36. The zero-order valence-electron chi connectivity index (χ0n) is 10.7. The molecule has 96 valence electrons. The average molecular weight is 264 g/mol. The number of hydrogen-bond donors (Lipinski definition) is 1. The van der Waals surface area contributed by atoms with Gasteiger partial charge in [0.05, 0.1) is 6.04 Å².